The molecular formula is C22H28O2. The van der Waals surface area contributed by atoms with Crippen molar-refractivity contribution >= 4 is 11.6 Å². The minimum atomic E-state index is 0.0475. The Morgan fingerprint density at radius 3 is 2.62 bits per heavy atom. The molecule has 0 aliphatic heterocycles. The molecule has 4 rings (SSSR count). The summed E-state index contributed by atoms with van der Waals surface area (Å²) in [6.45, 7) is 8.60. The van der Waals surface area contributed by atoms with E-state index in [1.807, 2.05) is 6.08 Å². The van der Waals surface area contributed by atoms with Gasteiger partial charge in [-0.15, -0.1) is 0 Å². The van der Waals surface area contributed by atoms with E-state index in [1.165, 1.54) is 11.1 Å². The molecule has 4 aliphatic rings. The van der Waals surface area contributed by atoms with Gasteiger partial charge in [0, 0.05) is 6.42 Å². The second kappa shape index (κ2) is 5.03. The molecule has 0 heterocycles. The van der Waals surface area contributed by atoms with Crippen LogP contribution in [0.25, 0.3) is 0 Å². The monoisotopic (exact) mass is 324 g/mol. The lowest BCUT2D eigenvalue weighted by atomic mass is 9.47. The summed E-state index contributed by atoms with van der Waals surface area (Å²) in [5, 5.41) is 0. The Kier molecular flexibility index (Phi) is 3.37. The highest BCUT2D eigenvalue weighted by atomic mass is 16.1. The third-order valence-electron chi connectivity index (χ3n) is 7.79. The number of carbonyl (C=O) groups excluding carboxylic acids is 2. The van der Waals surface area contributed by atoms with Gasteiger partial charge in [-0.1, -0.05) is 31.6 Å². The van der Waals surface area contributed by atoms with Gasteiger partial charge in [-0.25, -0.2) is 0 Å². The van der Waals surface area contributed by atoms with E-state index in [-0.39, 0.29) is 22.4 Å². The second-order valence-electron chi connectivity index (χ2n) is 8.95. The quantitative estimate of drug-likeness (QED) is 0.693. The molecule has 0 amide bonds. The van der Waals surface area contributed by atoms with Gasteiger partial charge < -0.3 is 0 Å². The van der Waals surface area contributed by atoms with Crippen LogP contribution < -0.4 is 0 Å². The van der Waals surface area contributed by atoms with E-state index < -0.39 is 0 Å². The summed E-state index contributed by atoms with van der Waals surface area (Å²) in [6.07, 6.45) is 11.6. The van der Waals surface area contributed by atoms with Gasteiger partial charge >= 0.3 is 0 Å². The molecule has 24 heavy (non-hydrogen) atoms. The minimum Gasteiger partial charge on any atom is -0.295 e. The molecule has 0 aromatic rings. The summed E-state index contributed by atoms with van der Waals surface area (Å²) >= 11 is 0. The molecule has 0 spiro atoms. The van der Waals surface area contributed by atoms with Crippen molar-refractivity contribution in [3.8, 4) is 0 Å². The van der Waals surface area contributed by atoms with Crippen molar-refractivity contribution in [1.29, 1.82) is 0 Å². The Morgan fingerprint density at radius 2 is 1.92 bits per heavy atom. The minimum absolute atomic E-state index is 0.0475. The van der Waals surface area contributed by atoms with Crippen LogP contribution in [-0.2, 0) is 9.59 Å². The standard InChI is InChI=1S/C22H28O2/c1-13-11-16-18-6-5-17(14(2)23)21(18,3)10-8-19(16)22(4)9-7-15(24)12-20(13)22/h5,11-12,16,18-19H,6-10H2,1-4H3/t16-,18-,19-,21+,22+/m0/s1. The van der Waals surface area contributed by atoms with Crippen LogP contribution in [0.3, 0.4) is 0 Å². The fourth-order valence-electron chi connectivity index (χ4n) is 6.53. The van der Waals surface area contributed by atoms with Crippen molar-refractivity contribution in [3.05, 3.63) is 34.9 Å². The number of allylic oxidation sites excluding steroid dienone is 6. The molecule has 2 nitrogen and oxygen atoms in total. The Morgan fingerprint density at radius 1 is 1.17 bits per heavy atom. The first-order valence-electron chi connectivity index (χ1n) is 9.43. The average Bonchev–Trinajstić information content (AvgIpc) is 2.87. The number of hydrogen-bond acceptors (Lipinski definition) is 2. The first-order valence-corrected chi connectivity index (χ1v) is 9.43. The van der Waals surface area contributed by atoms with E-state index in [0.29, 0.717) is 24.2 Å². The van der Waals surface area contributed by atoms with Crippen LogP contribution >= 0.6 is 0 Å². The smallest absolute Gasteiger partial charge is 0.156 e. The Balaban J connectivity index is 1.78. The van der Waals surface area contributed by atoms with E-state index in [1.54, 1.807) is 6.92 Å². The summed E-state index contributed by atoms with van der Waals surface area (Å²) in [7, 11) is 0. The lowest BCUT2D eigenvalue weighted by molar-refractivity contribution is -0.117. The summed E-state index contributed by atoms with van der Waals surface area (Å²) in [5.74, 6) is 2.23. The van der Waals surface area contributed by atoms with Crippen LogP contribution in [0.4, 0.5) is 0 Å². The largest absolute Gasteiger partial charge is 0.295 e. The summed E-state index contributed by atoms with van der Waals surface area (Å²) < 4.78 is 0. The molecule has 0 radical (unpaired) electrons. The van der Waals surface area contributed by atoms with Gasteiger partial charge in [-0.3, -0.25) is 9.59 Å². The molecule has 0 N–H and O–H groups in total. The summed E-state index contributed by atoms with van der Waals surface area (Å²) in [4.78, 5) is 24.1. The van der Waals surface area contributed by atoms with Crippen molar-refractivity contribution < 1.29 is 9.59 Å². The van der Waals surface area contributed by atoms with Gasteiger partial charge in [0.25, 0.3) is 0 Å². The van der Waals surface area contributed by atoms with Gasteiger partial charge in [-0.2, -0.15) is 0 Å². The normalized spacial score (nSPS) is 43.9. The van der Waals surface area contributed by atoms with Crippen LogP contribution in [-0.4, -0.2) is 11.6 Å². The van der Waals surface area contributed by atoms with Crippen LogP contribution in [0.2, 0.25) is 0 Å². The fourth-order valence-corrected chi connectivity index (χ4v) is 6.53. The first kappa shape index (κ1) is 16.1. The summed E-state index contributed by atoms with van der Waals surface area (Å²) in [6, 6.07) is 0. The molecule has 0 aromatic carbocycles. The maximum Gasteiger partial charge on any atom is 0.156 e. The van der Waals surface area contributed by atoms with Crippen LogP contribution in [0.1, 0.15) is 59.8 Å². The molecule has 1 saturated carbocycles. The van der Waals surface area contributed by atoms with Crippen molar-refractivity contribution in [2.75, 3.05) is 0 Å². The van der Waals surface area contributed by atoms with Crippen molar-refractivity contribution in [2.45, 2.75) is 59.8 Å². The number of Topliss-reactive ketones (excluding diaryl/α,β-unsaturated/α-hetero) is 1. The molecule has 1 fully saturated rings. The van der Waals surface area contributed by atoms with Gasteiger partial charge in [-0.05, 0) is 85.3 Å². The van der Waals surface area contributed by atoms with Gasteiger partial charge in [0.2, 0.25) is 0 Å². The molecule has 0 bridgehead atoms. The Bertz CT molecular complexity index is 722. The van der Waals surface area contributed by atoms with Gasteiger partial charge in [0.1, 0.15) is 0 Å². The van der Waals surface area contributed by atoms with Crippen LogP contribution in [0.5, 0.6) is 0 Å². The van der Waals surface area contributed by atoms with Crippen molar-refractivity contribution in [3.63, 3.8) is 0 Å². The topological polar surface area (TPSA) is 34.1 Å². The van der Waals surface area contributed by atoms with E-state index in [9.17, 15) is 9.59 Å². The van der Waals surface area contributed by atoms with E-state index in [0.717, 1.165) is 31.3 Å². The van der Waals surface area contributed by atoms with Crippen molar-refractivity contribution in [2.24, 2.45) is 28.6 Å². The molecule has 2 heteroatoms. The SMILES string of the molecule is CC(=O)C1=CC[C@H]2[C@@H]3C=C(C)C4=CC(=O)CC[C@]4(C)[C@H]3CC[C@]12C. The Labute approximate surface area is 145 Å². The predicted molar refractivity (Wildman–Crippen MR) is 95.4 cm³/mol. The fraction of sp³-hybridized carbons (Fsp3) is 0.636. The molecular weight excluding hydrogens is 296 g/mol. The Hall–Kier alpha value is -1.44. The maximum atomic E-state index is 12.1. The highest BCUT2D eigenvalue weighted by Gasteiger charge is 2.57. The molecule has 0 aromatic heterocycles. The van der Waals surface area contributed by atoms with E-state index in [4.69, 9.17) is 0 Å². The molecule has 4 aliphatic carbocycles. The van der Waals surface area contributed by atoms with Gasteiger partial charge in [0.05, 0.1) is 0 Å². The number of ketones is 2. The lowest BCUT2D eigenvalue weighted by Crippen LogP contribution is -2.49. The molecule has 0 saturated heterocycles. The van der Waals surface area contributed by atoms with Crippen LogP contribution in [0, 0.1) is 28.6 Å². The maximum absolute atomic E-state index is 12.1. The summed E-state index contributed by atoms with van der Waals surface area (Å²) in [5.41, 5.74) is 3.85. The van der Waals surface area contributed by atoms with E-state index in [2.05, 4.69) is 32.9 Å². The van der Waals surface area contributed by atoms with Crippen molar-refractivity contribution in [1.82, 2.24) is 0 Å². The average molecular weight is 324 g/mol. The third-order valence-corrected chi connectivity index (χ3v) is 7.79. The number of rotatable bonds is 1. The number of hydrogen-bond donors (Lipinski definition) is 0. The first-order chi connectivity index (χ1) is 11.3. The third kappa shape index (κ3) is 1.95. The zero-order valence-corrected chi connectivity index (χ0v) is 15.3. The highest BCUT2D eigenvalue weighted by molar-refractivity contribution is 5.95. The molecule has 5 atom stereocenters. The zero-order chi connectivity index (χ0) is 17.3. The van der Waals surface area contributed by atoms with Gasteiger partial charge in [0.15, 0.2) is 11.6 Å². The highest BCUT2D eigenvalue weighted by Crippen LogP contribution is 2.64. The van der Waals surface area contributed by atoms with E-state index >= 15 is 0 Å². The molecule has 128 valence electrons. The number of fused-ring (bicyclic) bond motifs is 5. The van der Waals surface area contributed by atoms with Crippen LogP contribution in [0.15, 0.2) is 34.9 Å². The predicted octanol–water partition coefficient (Wildman–Crippen LogP) is 4.81. The molecule has 0 unspecified atom stereocenters. The zero-order valence-electron chi connectivity index (χ0n) is 15.3. The number of carbonyl (C=O) groups is 2. The second-order valence-corrected chi connectivity index (χ2v) is 8.95. The lowest BCUT2D eigenvalue weighted by Gasteiger charge is -2.56.